The van der Waals surface area contributed by atoms with Crippen LogP contribution in [0.4, 0.5) is 10.1 Å². The van der Waals surface area contributed by atoms with Crippen LogP contribution in [0.3, 0.4) is 0 Å². The smallest absolute Gasteiger partial charge is 0.272 e. The van der Waals surface area contributed by atoms with Crippen molar-refractivity contribution in [2.24, 2.45) is 16.7 Å². The lowest BCUT2D eigenvalue weighted by Gasteiger charge is -2.38. The SMILES string of the molecule is CC1(C)[C@H]2CC[C@]1(C)[C@@H](Oc1ccc([N+](=O)[O-])cc1F)C2. The standard InChI is InChI=1S/C16H20FNO3/c1-15(2)10-6-7-16(15,3)14(8-10)21-13-5-4-11(18(19)20)9-12(13)17/h4-5,9-10,14H,6-8H2,1-3H3/t10-,14-,16+/m0/s1. The summed E-state index contributed by atoms with van der Waals surface area (Å²) in [5, 5.41) is 10.6. The molecule has 0 N–H and O–H groups in total. The lowest BCUT2D eigenvalue weighted by atomic mass is 9.70. The molecule has 0 amide bonds. The van der Waals surface area contributed by atoms with E-state index >= 15 is 0 Å². The molecule has 0 aliphatic heterocycles. The normalized spacial score (nSPS) is 33.1. The molecular formula is C16H20FNO3. The van der Waals surface area contributed by atoms with Gasteiger partial charge in [-0.2, -0.15) is 0 Å². The molecule has 0 spiro atoms. The van der Waals surface area contributed by atoms with Gasteiger partial charge in [0.15, 0.2) is 11.6 Å². The molecule has 2 bridgehead atoms. The number of nitrogens with zero attached hydrogens (tertiary/aromatic N) is 1. The lowest BCUT2D eigenvalue weighted by Crippen LogP contribution is -2.39. The Labute approximate surface area is 123 Å². The average molecular weight is 293 g/mol. The van der Waals surface area contributed by atoms with Gasteiger partial charge in [0.1, 0.15) is 6.10 Å². The fourth-order valence-electron chi connectivity index (χ4n) is 4.16. The van der Waals surface area contributed by atoms with Crippen LogP contribution in [-0.4, -0.2) is 11.0 Å². The molecule has 114 valence electrons. The molecule has 0 aromatic heterocycles. The third-order valence-corrected chi connectivity index (χ3v) is 6.11. The van der Waals surface area contributed by atoms with Crippen molar-refractivity contribution in [3.63, 3.8) is 0 Å². The molecule has 4 nitrogen and oxygen atoms in total. The maximum Gasteiger partial charge on any atom is 0.272 e. The fraction of sp³-hybridized carbons (Fsp3) is 0.625. The average Bonchev–Trinajstić information content (AvgIpc) is 2.74. The van der Waals surface area contributed by atoms with E-state index in [-0.39, 0.29) is 28.4 Å². The summed E-state index contributed by atoms with van der Waals surface area (Å²) in [6.07, 6.45) is 3.19. The Bertz CT molecular complexity index is 601. The van der Waals surface area contributed by atoms with Crippen LogP contribution in [0.1, 0.15) is 40.0 Å². The third-order valence-electron chi connectivity index (χ3n) is 6.11. The summed E-state index contributed by atoms with van der Waals surface area (Å²) in [5.41, 5.74) is -0.0276. The van der Waals surface area contributed by atoms with Gasteiger partial charge < -0.3 is 4.74 Å². The van der Waals surface area contributed by atoms with Crippen LogP contribution >= 0.6 is 0 Å². The van der Waals surface area contributed by atoms with Gasteiger partial charge in [-0.15, -0.1) is 0 Å². The third kappa shape index (κ3) is 1.93. The van der Waals surface area contributed by atoms with Crippen LogP contribution in [0.2, 0.25) is 0 Å². The number of hydrogen-bond acceptors (Lipinski definition) is 3. The summed E-state index contributed by atoms with van der Waals surface area (Å²) in [6.45, 7) is 6.74. The molecule has 2 saturated carbocycles. The van der Waals surface area contributed by atoms with E-state index in [4.69, 9.17) is 4.74 Å². The van der Waals surface area contributed by atoms with Crippen molar-refractivity contribution >= 4 is 5.69 Å². The van der Waals surface area contributed by atoms with E-state index < -0.39 is 10.7 Å². The molecule has 0 unspecified atom stereocenters. The first-order valence-electron chi connectivity index (χ1n) is 7.36. The zero-order valence-corrected chi connectivity index (χ0v) is 12.6. The van der Waals surface area contributed by atoms with Gasteiger partial charge in [-0.1, -0.05) is 20.8 Å². The predicted octanol–water partition coefficient (Wildman–Crippen LogP) is 4.33. The van der Waals surface area contributed by atoms with Gasteiger partial charge in [0.2, 0.25) is 0 Å². The van der Waals surface area contributed by atoms with Crippen LogP contribution in [0.15, 0.2) is 18.2 Å². The minimum Gasteiger partial charge on any atom is -0.487 e. The Hall–Kier alpha value is -1.65. The molecule has 1 aromatic carbocycles. The molecule has 5 heteroatoms. The van der Waals surface area contributed by atoms with Crippen LogP contribution in [0.5, 0.6) is 5.75 Å². The molecule has 0 heterocycles. The van der Waals surface area contributed by atoms with Gasteiger partial charge in [-0.05, 0) is 36.7 Å². The number of rotatable bonds is 3. The number of fused-ring (bicyclic) bond motifs is 2. The maximum absolute atomic E-state index is 14.0. The highest BCUT2D eigenvalue weighted by atomic mass is 19.1. The van der Waals surface area contributed by atoms with E-state index in [0.29, 0.717) is 5.92 Å². The highest BCUT2D eigenvalue weighted by molar-refractivity contribution is 5.38. The number of ether oxygens (including phenoxy) is 1. The zero-order valence-electron chi connectivity index (χ0n) is 12.6. The van der Waals surface area contributed by atoms with Crippen LogP contribution < -0.4 is 4.74 Å². The number of hydrogen-bond donors (Lipinski definition) is 0. The summed E-state index contributed by atoms with van der Waals surface area (Å²) >= 11 is 0. The van der Waals surface area contributed by atoms with Crippen LogP contribution in [-0.2, 0) is 0 Å². The van der Waals surface area contributed by atoms with Crippen molar-refractivity contribution in [2.75, 3.05) is 0 Å². The Morgan fingerprint density at radius 2 is 2.10 bits per heavy atom. The monoisotopic (exact) mass is 293 g/mol. The largest absolute Gasteiger partial charge is 0.487 e. The molecule has 0 radical (unpaired) electrons. The van der Waals surface area contributed by atoms with Crippen molar-refractivity contribution in [2.45, 2.75) is 46.1 Å². The summed E-state index contributed by atoms with van der Waals surface area (Å²) in [7, 11) is 0. The summed E-state index contributed by atoms with van der Waals surface area (Å²) in [5.74, 6) is 0.0668. The first kappa shape index (κ1) is 14.3. The second-order valence-corrected chi connectivity index (χ2v) is 7.09. The second kappa shape index (κ2) is 4.42. The van der Waals surface area contributed by atoms with E-state index in [1.54, 1.807) is 0 Å². The number of nitro groups is 1. The maximum atomic E-state index is 14.0. The minimum absolute atomic E-state index is 0.0257. The van der Waals surface area contributed by atoms with Crippen molar-refractivity contribution < 1.29 is 14.1 Å². The molecule has 3 rings (SSSR count). The predicted molar refractivity (Wildman–Crippen MR) is 76.7 cm³/mol. The molecular weight excluding hydrogens is 273 g/mol. The number of nitro benzene ring substituents is 1. The van der Waals surface area contributed by atoms with E-state index in [0.717, 1.165) is 18.9 Å². The zero-order chi connectivity index (χ0) is 15.4. The molecule has 1 aromatic rings. The van der Waals surface area contributed by atoms with E-state index in [1.807, 2.05) is 0 Å². The summed E-state index contributed by atoms with van der Waals surface area (Å²) < 4.78 is 19.9. The summed E-state index contributed by atoms with van der Waals surface area (Å²) in [4.78, 5) is 10.0. The van der Waals surface area contributed by atoms with Crippen LogP contribution in [0, 0.1) is 32.7 Å². The van der Waals surface area contributed by atoms with Crippen molar-refractivity contribution in [3.05, 3.63) is 34.1 Å². The van der Waals surface area contributed by atoms with Gasteiger partial charge in [-0.3, -0.25) is 10.1 Å². The second-order valence-electron chi connectivity index (χ2n) is 7.09. The fourth-order valence-corrected chi connectivity index (χ4v) is 4.16. The highest BCUT2D eigenvalue weighted by Crippen LogP contribution is 2.66. The van der Waals surface area contributed by atoms with Gasteiger partial charge in [-0.25, -0.2) is 4.39 Å². The van der Waals surface area contributed by atoms with E-state index in [9.17, 15) is 14.5 Å². The van der Waals surface area contributed by atoms with Crippen molar-refractivity contribution in [1.82, 2.24) is 0 Å². The topological polar surface area (TPSA) is 52.4 Å². The van der Waals surface area contributed by atoms with Crippen LogP contribution in [0.25, 0.3) is 0 Å². The molecule has 0 saturated heterocycles. The first-order valence-corrected chi connectivity index (χ1v) is 7.36. The molecule has 2 aliphatic rings. The van der Waals surface area contributed by atoms with Crippen molar-refractivity contribution in [3.8, 4) is 5.75 Å². The van der Waals surface area contributed by atoms with Gasteiger partial charge in [0.05, 0.1) is 11.0 Å². The number of halogens is 1. The van der Waals surface area contributed by atoms with Gasteiger partial charge in [0, 0.05) is 11.5 Å². The molecule has 21 heavy (non-hydrogen) atoms. The Morgan fingerprint density at radius 3 is 2.57 bits per heavy atom. The molecule has 2 fully saturated rings. The van der Waals surface area contributed by atoms with E-state index in [1.165, 1.54) is 18.6 Å². The lowest BCUT2D eigenvalue weighted by molar-refractivity contribution is -0.385. The summed E-state index contributed by atoms with van der Waals surface area (Å²) in [6, 6.07) is 3.59. The van der Waals surface area contributed by atoms with Gasteiger partial charge in [0.25, 0.3) is 5.69 Å². The molecule has 3 atom stereocenters. The molecule has 2 aliphatic carbocycles. The Morgan fingerprint density at radius 1 is 1.38 bits per heavy atom. The Balaban J connectivity index is 1.84. The highest BCUT2D eigenvalue weighted by Gasteiger charge is 2.62. The van der Waals surface area contributed by atoms with Crippen molar-refractivity contribution in [1.29, 1.82) is 0 Å². The number of non-ortho nitro benzene ring substituents is 1. The number of benzene rings is 1. The van der Waals surface area contributed by atoms with Gasteiger partial charge >= 0.3 is 0 Å². The minimum atomic E-state index is -0.659. The quantitative estimate of drug-likeness (QED) is 0.615. The Kier molecular flexibility index (Phi) is 3.01. The first-order chi connectivity index (χ1) is 9.75. The van der Waals surface area contributed by atoms with E-state index in [2.05, 4.69) is 20.8 Å².